The van der Waals surface area contributed by atoms with E-state index in [4.69, 9.17) is 5.26 Å². The summed E-state index contributed by atoms with van der Waals surface area (Å²) in [6.07, 6.45) is 0. The Balaban J connectivity index is 2.97. The van der Waals surface area contributed by atoms with E-state index >= 15 is 0 Å². The van der Waals surface area contributed by atoms with Crippen molar-refractivity contribution in [3.05, 3.63) is 29.8 Å². The SMILES string of the molecule is CN(C(=O)C#N)c1ccc(C(C)(C)C)cc1. The van der Waals surface area contributed by atoms with Crippen molar-refractivity contribution >= 4 is 11.6 Å². The molecule has 3 heteroatoms. The van der Waals surface area contributed by atoms with Gasteiger partial charge < -0.3 is 4.90 Å². The van der Waals surface area contributed by atoms with Crippen molar-refractivity contribution in [2.45, 2.75) is 26.2 Å². The maximum absolute atomic E-state index is 11.2. The van der Waals surface area contributed by atoms with Gasteiger partial charge in [-0.2, -0.15) is 5.26 Å². The fourth-order valence-corrected chi connectivity index (χ4v) is 1.38. The molecule has 0 radical (unpaired) electrons. The van der Waals surface area contributed by atoms with Crippen molar-refractivity contribution in [3.8, 4) is 6.07 Å². The predicted molar refractivity (Wildman–Crippen MR) is 64.2 cm³/mol. The highest BCUT2D eigenvalue weighted by Crippen LogP contribution is 2.24. The van der Waals surface area contributed by atoms with Crippen molar-refractivity contribution in [1.29, 1.82) is 5.26 Å². The fraction of sp³-hybridized carbons (Fsp3) is 0.385. The fourth-order valence-electron chi connectivity index (χ4n) is 1.38. The molecule has 0 aromatic heterocycles. The summed E-state index contributed by atoms with van der Waals surface area (Å²) >= 11 is 0. The van der Waals surface area contributed by atoms with Crippen LogP contribution < -0.4 is 4.90 Å². The average molecular weight is 216 g/mol. The van der Waals surface area contributed by atoms with Crippen LogP contribution in [0.2, 0.25) is 0 Å². The molecule has 0 heterocycles. The van der Waals surface area contributed by atoms with Crippen LogP contribution in [-0.2, 0) is 10.2 Å². The Bertz CT molecular complexity index is 421. The van der Waals surface area contributed by atoms with Gasteiger partial charge in [-0.3, -0.25) is 4.79 Å². The predicted octanol–water partition coefficient (Wildman–Crippen LogP) is 2.47. The van der Waals surface area contributed by atoms with Crippen LogP contribution in [0.1, 0.15) is 26.3 Å². The summed E-state index contributed by atoms with van der Waals surface area (Å²) in [5.74, 6) is -0.552. The van der Waals surface area contributed by atoms with Crippen molar-refractivity contribution in [3.63, 3.8) is 0 Å². The molecule has 0 aliphatic heterocycles. The molecule has 1 rings (SSSR count). The molecule has 0 spiro atoms. The number of amides is 1. The number of carbonyl (C=O) groups is 1. The zero-order valence-corrected chi connectivity index (χ0v) is 10.1. The molecule has 3 nitrogen and oxygen atoms in total. The first-order valence-electron chi connectivity index (χ1n) is 5.14. The molecule has 0 N–H and O–H groups in total. The number of hydrogen-bond acceptors (Lipinski definition) is 2. The van der Waals surface area contributed by atoms with Crippen LogP contribution in [-0.4, -0.2) is 13.0 Å². The normalized spacial score (nSPS) is 10.7. The van der Waals surface area contributed by atoms with E-state index < -0.39 is 5.91 Å². The van der Waals surface area contributed by atoms with Crippen molar-refractivity contribution in [2.24, 2.45) is 0 Å². The number of benzene rings is 1. The van der Waals surface area contributed by atoms with Gasteiger partial charge in [0, 0.05) is 12.7 Å². The Kier molecular flexibility index (Phi) is 3.34. The molecule has 1 aromatic carbocycles. The third-order valence-electron chi connectivity index (χ3n) is 2.52. The smallest absolute Gasteiger partial charge is 0.303 e. The molecule has 0 saturated carbocycles. The summed E-state index contributed by atoms with van der Waals surface area (Å²) in [5.41, 5.74) is 2.03. The topological polar surface area (TPSA) is 44.1 Å². The summed E-state index contributed by atoms with van der Waals surface area (Å²) < 4.78 is 0. The first kappa shape index (κ1) is 12.3. The van der Waals surface area contributed by atoms with E-state index in [2.05, 4.69) is 20.8 Å². The van der Waals surface area contributed by atoms with Gasteiger partial charge in [0.25, 0.3) is 0 Å². The second-order valence-corrected chi connectivity index (χ2v) is 4.77. The van der Waals surface area contributed by atoms with Crippen molar-refractivity contribution in [1.82, 2.24) is 0 Å². The minimum absolute atomic E-state index is 0.0936. The molecule has 1 aromatic rings. The molecule has 0 aliphatic carbocycles. The first-order chi connectivity index (χ1) is 7.36. The second kappa shape index (κ2) is 4.36. The summed E-state index contributed by atoms with van der Waals surface area (Å²) in [6.45, 7) is 6.39. The van der Waals surface area contributed by atoms with Crippen molar-refractivity contribution in [2.75, 3.05) is 11.9 Å². The number of hydrogen-bond donors (Lipinski definition) is 0. The molecule has 16 heavy (non-hydrogen) atoms. The highest BCUT2D eigenvalue weighted by Gasteiger charge is 2.14. The van der Waals surface area contributed by atoms with Gasteiger partial charge in [-0.25, -0.2) is 0 Å². The van der Waals surface area contributed by atoms with Crippen LogP contribution in [0.5, 0.6) is 0 Å². The van der Waals surface area contributed by atoms with E-state index in [1.807, 2.05) is 24.3 Å². The third-order valence-corrected chi connectivity index (χ3v) is 2.52. The largest absolute Gasteiger partial charge is 0.329 e. The number of carbonyl (C=O) groups excluding carboxylic acids is 1. The van der Waals surface area contributed by atoms with E-state index in [1.54, 1.807) is 13.1 Å². The standard InChI is InChI=1S/C13H16N2O/c1-13(2,3)10-5-7-11(8-6-10)15(4)12(16)9-14/h5-8H,1-4H3. The molecule has 84 valence electrons. The van der Waals surface area contributed by atoms with Crippen LogP contribution in [0, 0.1) is 11.3 Å². The van der Waals surface area contributed by atoms with Gasteiger partial charge in [-0.05, 0) is 23.1 Å². The van der Waals surface area contributed by atoms with Gasteiger partial charge >= 0.3 is 5.91 Å². The number of nitriles is 1. The Morgan fingerprint density at radius 2 is 1.75 bits per heavy atom. The quantitative estimate of drug-likeness (QED) is 0.677. The summed E-state index contributed by atoms with van der Waals surface area (Å²) in [6, 6.07) is 9.27. The molecular formula is C13H16N2O. The van der Waals surface area contributed by atoms with E-state index in [0.717, 1.165) is 5.69 Å². The molecule has 0 atom stereocenters. The van der Waals surface area contributed by atoms with Gasteiger partial charge in [-0.15, -0.1) is 0 Å². The van der Waals surface area contributed by atoms with Gasteiger partial charge in [-0.1, -0.05) is 32.9 Å². The molecule has 0 aliphatic rings. The molecular weight excluding hydrogens is 200 g/mol. The minimum atomic E-state index is -0.552. The van der Waals surface area contributed by atoms with E-state index in [-0.39, 0.29) is 5.41 Å². The zero-order valence-electron chi connectivity index (χ0n) is 10.1. The third kappa shape index (κ3) is 2.60. The lowest BCUT2D eigenvalue weighted by atomic mass is 9.87. The zero-order chi connectivity index (χ0) is 12.3. The van der Waals surface area contributed by atoms with E-state index in [1.165, 1.54) is 10.5 Å². The monoisotopic (exact) mass is 216 g/mol. The Morgan fingerprint density at radius 3 is 2.12 bits per heavy atom. The highest BCUT2D eigenvalue weighted by atomic mass is 16.2. The number of nitrogens with zero attached hydrogens (tertiary/aromatic N) is 2. The lowest BCUT2D eigenvalue weighted by Gasteiger charge is -2.20. The van der Waals surface area contributed by atoms with Crippen LogP contribution in [0.3, 0.4) is 0 Å². The van der Waals surface area contributed by atoms with E-state index in [9.17, 15) is 4.79 Å². The second-order valence-electron chi connectivity index (χ2n) is 4.77. The molecule has 1 amide bonds. The van der Waals surface area contributed by atoms with Gasteiger partial charge in [0.15, 0.2) is 6.07 Å². The maximum atomic E-state index is 11.2. The maximum Gasteiger partial charge on any atom is 0.329 e. The highest BCUT2D eigenvalue weighted by molar-refractivity contribution is 6.03. The lowest BCUT2D eigenvalue weighted by Crippen LogP contribution is -2.24. The summed E-state index contributed by atoms with van der Waals surface area (Å²) in [5, 5.41) is 8.51. The van der Waals surface area contributed by atoms with Crippen LogP contribution in [0.15, 0.2) is 24.3 Å². The number of anilines is 1. The lowest BCUT2D eigenvalue weighted by molar-refractivity contribution is -0.113. The molecule has 0 unspecified atom stereocenters. The van der Waals surface area contributed by atoms with Gasteiger partial charge in [0.2, 0.25) is 0 Å². The van der Waals surface area contributed by atoms with Crippen LogP contribution in [0.25, 0.3) is 0 Å². The Morgan fingerprint density at radius 1 is 1.25 bits per heavy atom. The average Bonchev–Trinajstić information content (AvgIpc) is 2.26. The molecule has 0 saturated heterocycles. The Labute approximate surface area is 96.3 Å². The first-order valence-corrected chi connectivity index (χ1v) is 5.14. The minimum Gasteiger partial charge on any atom is -0.303 e. The van der Waals surface area contributed by atoms with Gasteiger partial charge in [0.1, 0.15) is 0 Å². The van der Waals surface area contributed by atoms with Crippen LogP contribution >= 0.6 is 0 Å². The summed E-state index contributed by atoms with van der Waals surface area (Å²) in [4.78, 5) is 12.5. The molecule has 0 bridgehead atoms. The molecule has 0 fully saturated rings. The van der Waals surface area contributed by atoms with E-state index in [0.29, 0.717) is 0 Å². The number of rotatable bonds is 1. The summed E-state index contributed by atoms with van der Waals surface area (Å²) in [7, 11) is 1.59. The van der Waals surface area contributed by atoms with Crippen molar-refractivity contribution < 1.29 is 4.79 Å². The van der Waals surface area contributed by atoms with Gasteiger partial charge in [0.05, 0.1) is 0 Å². The van der Waals surface area contributed by atoms with Crippen LogP contribution in [0.4, 0.5) is 5.69 Å². The Hall–Kier alpha value is -1.82.